The lowest BCUT2D eigenvalue weighted by Crippen LogP contribution is -2.47. The molecule has 0 aliphatic carbocycles. The summed E-state index contributed by atoms with van der Waals surface area (Å²) in [6.07, 6.45) is 4.19. The molecule has 86 heavy (non-hydrogen) atoms. The largest absolute Gasteiger partial charge is 0.437 e. The van der Waals surface area contributed by atoms with Gasteiger partial charge in [-0.25, -0.2) is 19.6 Å². The van der Waals surface area contributed by atoms with E-state index >= 15 is 0 Å². The first-order valence-corrected chi connectivity index (χ1v) is 32.1. The normalized spacial score (nSPS) is 16.0. The molecule has 10 rings (SSSR count). The summed E-state index contributed by atoms with van der Waals surface area (Å²) < 4.78 is 23.1. The maximum atomic E-state index is 14.2. The molecule has 2 aliphatic rings. The van der Waals surface area contributed by atoms with Gasteiger partial charge >= 0.3 is 11.9 Å². The Kier molecular flexibility index (Phi) is 21.3. The number of carbonyl (C=O) groups excluding carboxylic acids is 4. The number of amides is 2. The first kappa shape index (κ1) is 62.8. The number of benzene rings is 4. The highest BCUT2D eigenvalue weighted by Crippen LogP contribution is 2.36. The average molecular weight is 1320 g/mol. The number of nitrogens with one attached hydrogen (secondary N) is 2. The van der Waals surface area contributed by atoms with E-state index in [9.17, 15) is 19.2 Å². The van der Waals surface area contributed by atoms with E-state index < -0.39 is 46.7 Å². The number of hydrogen-bond acceptors (Lipinski definition) is 22. The van der Waals surface area contributed by atoms with Gasteiger partial charge in [-0.05, 0) is 111 Å². The van der Waals surface area contributed by atoms with E-state index in [1.54, 1.807) is 26.0 Å². The average Bonchev–Trinajstić information content (AvgIpc) is 4.51. The third-order valence-electron chi connectivity index (χ3n) is 13.8. The van der Waals surface area contributed by atoms with Gasteiger partial charge in [0.2, 0.25) is 34.3 Å². The smallest absolute Gasteiger partial charge is 0.332 e. The first-order valence-electron chi connectivity index (χ1n) is 27.1. The predicted molar refractivity (Wildman–Crippen MR) is 333 cm³/mol. The summed E-state index contributed by atoms with van der Waals surface area (Å²) in [6, 6.07) is 24.5. The Bertz CT molecular complexity index is 3500. The Hall–Kier alpha value is -6.26. The maximum absolute atomic E-state index is 14.2. The van der Waals surface area contributed by atoms with Crippen molar-refractivity contribution in [1.82, 2.24) is 50.7 Å². The monoisotopic (exact) mass is 1320 g/mol. The fourth-order valence-corrected chi connectivity index (χ4v) is 13.6. The van der Waals surface area contributed by atoms with Crippen LogP contribution in [0.2, 0.25) is 20.1 Å². The Balaban J connectivity index is 0.825. The summed E-state index contributed by atoms with van der Waals surface area (Å²) in [5, 5.41) is 19.8. The molecule has 28 heteroatoms. The van der Waals surface area contributed by atoms with Crippen molar-refractivity contribution < 1.29 is 37.7 Å². The van der Waals surface area contributed by atoms with E-state index in [0.717, 1.165) is 57.9 Å². The molecule has 448 valence electrons. The van der Waals surface area contributed by atoms with Crippen molar-refractivity contribution in [3.63, 3.8) is 0 Å². The quantitative estimate of drug-likeness (QED) is 0.0212. The zero-order chi connectivity index (χ0) is 60.4. The Morgan fingerprint density at radius 2 is 0.988 bits per heavy atom. The van der Waals surface area contributed by atoms with Crippen molar-refractivity contribution in [2.45, 2.75) is 96.3 Å². The van der Waals surface area contributed by atoms with Crippen molar-refractivity contribution in [1.29, 1.82) is 0 Å². The SMILES string of the molecule is CC(N)c1nc(-c2cccc(-c3csc(S[C@H](OC(=O)/C=C/C(=O)O[C@@H](Sc4nc(-c5cccc(-c6noc(C(C)N)n6)c5)cs4)C(=O)NC4CCN(Cc5ccc(Cl)c(Cl)c5)CC4)C(=O)NC4CCN(Cc5ccc(Cl)c(Cl)c5)CC4)n3)c2)no1. The molecule has 4 aromatic carbocycles. The van der Waals surface area contributed by atoms with E-state index in [2.05, 4.69) is 40.7 Å². The molecule has 4 aromatic heterocycles. The maximum Gasteiger partial charge on any atom is 0.332 e. The number of ether oxygens (including phenoxy) is 2. The van der Waals surface area contributed by atoms with Gasteiger partial charge in [-0.3, -0.25) is 19.4 Å². The lowest BCUT2D eigenvalue weighted by atomic mass is 10.0. The molecule has 0 bridgehead atoms. The van der Waals surface area contributed by atoms with Crippen LogP contribution in [0.3, 0.4) is 0 Å². The van der Waals surface area contributed by atoms with Gasteiger partial charge in [-0.2, -0.15) is 9.97 Å². The number of nitrogens with zero attached hydrogens (tertiary/aromatic N) is 8. The van der Waals surface area contributed by atoms with Crippen molar-refractivity contribution in [3.05, 3.63) is 151 Å². The number of piperidine rings is 2. The zero-order valence-corrected chi connectivity index (χ0v) is 52.4. The molecule has 8 aromatic rings. The van der Waals surface area contributed by atoms with E-state index in [1.165, 1.54) is 22.7 Å². The third-order valence-corrected chi connectivity index (χ3v) is 19.3. The van der Waals surface area contributed by atoms with Gasteiger partial charge in [0.05, 0.1) is 43.6 Å². The fraction of sp³-hybridized carbons (Fsp3) is 0.310. The number of rotatable bonds is 22. The molecule has 6 N–H and O–H groups in total. The Labute approximate surface area is 531 Å². The summed E-state index contributed by atoms with van der Waals surface area (Å²) in [4.78, 5) is 78.9. The van der Waals surface area contributed by atoms with Crippen LogP contribution < -0.4 is 22.1 Å². The van der Waals surface area contributed by atoms with Crippen LogP contribution in [-0.4, -0.2) is 113 Å². The molecule has 4 atom stereocenters. The number of thioether (sulfide) groups is 2. The van der Waals surface area contributed by atoms with Crippen molar-refractivity contribution >= 4 is 116 Å². The van der Waals surface area contributed by atoms with Gasteiger partial charge < -0.3 is 40.6 Å². The van der Waals surface area contributed by atoms with Gasteiger partial charge in [0.1, 0.15) is 0 Å². The molecule has 2 aliphatic heterocycles. The van der Waals surface area contributed by atoms with Gasteiger partial charge in [-0.1, -0.05) is 105 Å². The summed E-state index contributed by atoms with van der Waals surface area (Å²) in [5.41, 5.74) is 15.0. The molecular weight excluding hydrogens is 1260 g/mol. The van der Waals surface area contributed by atoms with Crippen LogP contribution >= 0.6 is 92.6 Å². The van der Waals surface area contributed by atoms with Crippen LogP contribution in [0.15, 0.2) is 126 Å². The van der Waals surface area contributed by atoms with Crippen molar-refractivity contribution in [3.8, 4) is 45.3 Å². The summed E-state index contributed by atoms with van der Waals surface area (Å²) in [7, 11) is 0. The minimum absolute atomic E-state index is 0.241. The number of aromatic nitrogens is 6. The number of thiazole rings is 2. The Morgan fingerprint density at radius 3 is 1.36 bits per heavy atom. The summed E-state index contributed by atoms with van der Waals surface area (Å²) in [5.74, 6) is -1.88. The number of halogens is 4. The predicted octanol–water partition coefficient (Wildman–Crippen LogP) is 11.4. The van der Waals surface area contributed by atoms with E-state index in [-0.39, 0.29) is 12.1 Å². The molecule has 2 fully saturated rings. The molecule has 20 nitrogen and oxygen atoms in total. The van der Waals surface area contributed by atoms with Crippen molar-refractivity contribution in [2.75, 3.05) is 26.2 Å². The molecule has 0 radical (unpaired) electrons. The third kappa shape index (κ3) is 16.9. The second kappa shape index (κ2) is 29.2. The number of esters is 2. The Morgan fingerprint density at radius 1 is 0.593 bits per heavy atom. The number of likely N-dealkylation sites (tertiary alicyclic amines) is 2. The molecule has 2 unspecified atom stereocenters. The molecule has 2 amide bonds. The highest BCUT2D eigenvalue weighted by atomic mass is 35.5. The fourth-order valence-electron chi connectivity index (χ4n) is 9.27. The number of hydrogen-bond donors (Lipinski definition) is 4. The van der Waals surface area contributed by atoms with E-state index in [0.29, 0.717) is 140 Å². The van der Waals surface area contributed by atoms with Crippen LogP contribution in [0.5, 0.6) is 0 Å². The van der Waals surface area contributed by atoms with Gasteiger partial charge in [0.25, 0.3) is 11.8 Å². The van der Waals surface area contributed by atoms with Crippen LogP contribution in [0.1, 0.15) is 74.5 Å². The molecule has 6 heterocycles. The number of carbonyl (C=O) groups is 4. The first-order chi connectivity index (χ1) is 41.4. The van der Waals surface area contributed by atoms with Gasteiger partial charge in [0.15, 0.2) is 8.68 Å². The van der Waals surface area contributed by atoms with E-state index in [1.807, 2.05) is 83.6 Å². The number of nitrogens with two attached hydrogens (primary N) is 2. The van der Waals surface area contributed by atoms with Crippen LogP contribution in [0.25, 0.3) is 45.3 Å². The standard InChI is InChI=1S/C58H56Cl4N12O8S4/c1-31(63)53-69-49(71-81-53)37-7-3-5-35(25-37)45-29-83-57(67-45)85-55(51(77)65-39-15-19-73(20-16-39)27-33-9-11-41(59)43(61)23-33)79-47(75)13-14-48(76)80-56(52(78)66-40-17-21-74(22-18-40)28-34-10-12-42(60)44(62)24-34)86-58-68-46(30-84-58)36-6-4-8-38(26-36)50-70-54(32(2)64)82-72-50/h3-14,23-26,29-32,39-40,55-56H,15-22,27-28,63-64H2,1-2H3,(H,65,77)(H,66,78)/b14-13+/t31?,32?,55-,56-/m0/s1. The molecule has 0 spiro atoms. The highest BCUT2D eigenvalue weighted by molar-refractivity contribution is 8.02. The molecular formula is C58H56Cl4N12O8S4. The minimum Gasteiger partial charge on any atom is -0.437 e. The van der Waals surface area contributed by atoms with Gasteiger partial charge in [0, 0.05) is 96.5 Å². The highest BCUT2D eigenvalue weighted by Gasteiger charge is 2.32. The van der Waals surface area contributed by atoms with Crippen LogP contribution in [0, 0.1) is 0 Å². The summed E-state index contributed by atoms with van der Waals surface area (Å²) in [6.45, 7) is 7.48. The molecule has 2 saturated heterocycles. The van der Waals surface area contributed by atoms with Gasteiger partial charge in [-0.15, -0.1) is 22.7 Å². The lowest BCUT2D eigenvalue weighted by molar-refractivity contribution is -0.147. The second-order valence-corrected chi connectivity index (χ2v) is 26.3. The van der Waals surface area contributed by atoms with Crippen LogP contribution in [-0.2, 0) is 41.7 Å². The topological polar surface area (TPSA) is 273 Å². The summed E-state index contributed by atoms with van der Waals surface area (Å²) >= 11 is 29.3. The zero-order valence-electron chi connectivity index (χ0n) is 46.1. The minimum atomic E-state index is -1.44. The molecule has 0 saturated carbocycles. The second-order valence-electron chi connectivity index (χ2n) is 20.4. The van der Waals surface area contributed by atoms with Crippen molar-refractivity contribution in [2.24, 2.45) is 11.5 Å². The van der Waals surface area contributed by atoms with E-state index in [4.69, 9.17) is 86.4 Å². The van der Waals surface area contributed by atoms with Crippen LogP contribution in [0.4, 0.5) is 0 Å². The lowest BCUT2D eigenvalue weighted by Gasteiger charge is -2.33.